The third-order valence-electron chi connectivity index (χ3n) is 12.4. The van der Waals surface area contributed by atoms with Crippen molar-refractivity contribution in [1.82, 2.24) is 4.98 Å². The molecule has 4 amide bonds. The van der Waals surface area contributed by atoms with E-state index in [4.69, 9.17) is 20.8 Å². The highest BCUT2D eigenvalue weighted by Gasteiger charge is 2.70. The van der Waals surface area contributed by atoms with Gasteiger partial charge in [-0.2, -0.15) is 0 Å². The monoisotopic (exact) mass is 775 g/mol. The fraction of sp³-hybridized carbons (Fsp3) is 0.196. The van der Waals surface area contributed by atoms with Crippen molar-refractivity contribution in [3.05, 3.63) is 149 Å². The van der Waals surface area contributed by atoms with Crippen molar-refractivity contribution in [3.63, 3.8) is 0 Å². The van der Waals surface area contributed by atoms with Gasteiger partial charge in [0.2, 0.25) is 29.5 Å². The van der Waals surface area contributed by atoms with Crippen LogP contribution in [0.2, 0.25) is 5.02 Å². The maximum atomic E-state index is 15.4. The Balaban J connectivity index is 1.10. The molecule has 3 fully saturated rings. The number of phenols is 1. The standard InChI is InChI=1S/C46H34ClN3O7/c1-56-38-22-26(16-21-36(38)51)40-31-19-20-32-39(44(54)49(42(32)52)29-17-14-25(15-18-29)41-48-35-12-5-6-13-37(35)57-41)33(31)24-34-43(53)50(30-11-7-10-28(47)23-30)45(55)46(34,40)27-8-3-2-4-9-27/h2-19,21-23,32-34,39-40,51H,20,24H2,1H3/t32-,33+,34-,39-,40-,46+/m0/s1. The molecular formula is C46H34ClN3O7. The van der Waals surface area contributed by atoms with Gasteiger partial charge in [0, 0.05) is 16.5 Å². The summed E-state index contributed by atoms with van der Waals surface area (Å²) in [4.78, 5) is 66.6. The molecule has 10 rings (SSSR count). The van der Waals surface area contributed by atoms with Crippen molar-refractivity contribution >= 4 is 57.7 Å². The van der Waals surface area contributed by atoms with Gasteiger partial charge in [-0.1, -0.05) is 77.8 Å². The summed E-state index contributed by atoms with van der Waals surface area (Å²) >= 11 is 6.43. The summed E-state index contributed by atoms with van der Waals surface area (Å²) in [7, 11) is 1.45. The van der Waals surface area contributed by atoms with Crippen LogP contribution in [0.4, 0.5) is 11.4 Å². The van der Waals surface area contributed by atoms with Crippen LogP contribution in [0, 0.1) is 23.7 Å². The van der Waals surface area contributed by atoms with E-state index in [-0.39, 0.29) is 36.2 Å². The Labute approximate surface area is 331 Å². The van der Waals surface area contributed by atoms with Crippen LogP contribution in [-0.2, 0) is 24.6 Å². The lowest BCUT2D eigenvalue weighted by atomic mass is 9.49. The van der Waals surface area contributed by atoms with E-state index in [2.05, 4.69) is 4.98 Å². The fourth-order valence-electron chi connectivity index (χ4n) is 10.00. The van der Waals surface area contributed by atoms with E-state index in [0.717, 1.165) is 11.1 Å². The number of fused-ring (bicyclic) bond motifs is 5. The molecule has 10 nitrogen and oxygen atoms in total. The average molecular weight is 776 g/mol. The molecule has 2 saturated heterocycles. The zero-order chi connectivity index (χ0) is 39.2. The molecule has 3 heterocycles. The number of rotatable bonds is 6. The number of hydrogen-bond acceptors (Lipinski definition) is 8. The van der Waals surface area contributed by atoms with Gasteiger partial charge in [0.1, 0.15) is 5.52 Å². The zero-order valence-electron chi connectivity index (χ0n) is 30.5. The van der Waals surface area contributed by atoms with E-state index in [9.17, 15) is 14.7 Å². The molecule has 2 aliphatic heterocycles. The summed E-state index contributed by atoms with van der Waals surface area (Å²) in [6.07, 6.45) is 2.42. The number of carbonyl (C=O) groups excluding carboxylic acids is 4. The second kappa shape index (κ2) is 13.0. The van der Waals surface area contributed by atoms with Crippen LogP contribution < -0.4 is 14.5 Å². The number of aromatic hydroxyl groups is 1. The predicted molar refractivity (Wildman–Crippen MR) is 213 cm³/mol. The zero-order valence-corrected chi connectivity index (χ0v) is 31.3. The molecular weight excluding hydrogens is 742 g/mol. The van der Waals surface area contributed by atoms with E-state index in [0.29, 0.717) is 44.6 Å². The summed E-state index contributed by atoms with van der Waals surface area (Å²) in [5.74, 6) is -4.67. The van der Waals surface area contributed by atoms with E-state index in [1.165, 1.54) is 23.0 Å². The smallest absolute Gasteiger partial charge is 0.246 e. The van der Waals surface area contributed by atoms with Crippen LogP contribution in [0.15, 0.2) is 137 Å². The number of phenolic OH excluding ortho intramolecular Hbond substituents is 1. The van der Waals surface area contributed by atoms with E-state index < -0.39 is 46.8 Å². The minimum Gasteiger partial charge on any atom is -0.504 e. The third kappa shape index (κ3) is 5.06. The normalized spacial score (nSPS) is 25.4. The Morgan fingerprint density at radius 1 is 0.789 bits per heavy atom. The number of imide groups is 2. The molecule has 11 heteroatoms. The van der Waals surface area contributed by atoms with Crippen molar-refractivity contribution in [2.75, 3.05) is 16.9 Å². The van der Waals surface area contributed by atoms with Gasteiger partial charge in [0.15, 0.2) is 17.1 Å². The predicted octanol–water partition coefficient (Wildman–Crippen LogP) is 8.23. The number of aromatic nitrogens is 1. The Morgan fingerprint density at radius 2 is 1.56 bits per heavy atom. The molecule has 5 aromatic carbocycles. The number of nitrogens with zero attached hydrogens (tertiary/aromatic N) is 3. The summed E-state index contributed by atoms with van der Waals surface area (Å²) in [6, 6.07) is 35.4. The number of benzene rings is 5. The van der Waals surface area contributed by atoms with Crippen molar-refractivity contribution in [2.45, 2.75) is 24.2 Å². The molecule has 282 valence electrons. The molecule has 57 heavy (non-hydrogen) atoms. The van der Waals surface area contributed by atoms with Crippen molar-refractivity contribution in [3.8, 4) is 23.0 Å². The molecule has 1 saturated carbocycles. The van der Waals surface area contributed by atoms with Gasteiger partial charge in [-0.05, 0) is 96.6 Å². The Hall–Kier alpha value is -6.52. The number of methoxy groups -OCH3 is 1. The minimum absolute atomic E-state index is 0.0830. The topological polar surface area (TPSA) is 130 Å². The lowest BCUT2D eigenvalue weighted by Gasteiger charge is -2.50. The molecule has 6 atom stereocenters. The SMILES string of the molecule is COc1cc([C@H]2C3=CC[C@@H]4C(=O)N(c5ccc(-c6nc7ccccc7o6)cc5)C(=O)[C@@H]4[C@@H]3C[C@H]3C(=O)N(c4cccc(Cl)c4)C(=O)[C@@]23c2ccccc2)ccc1O. The van der Waals surface area contributed by atoms with Crippen LogP contribution in [0.1, 0.15) is 29.9 Å². The number of allylic oxidation sites excluding steroid dienone is 2. The van der Waals surface area contributed by atoms with Crippen molar-refractivity contribution < 1.29 is 33.4 Å². The number of para-hydroxylation sites is 2. The molecule has 2 aliphatic carbocycles. The number of halogens is 1. The Bertz CT molecular complexity index is 2660. The molecule has 1 N–H and O–H groups in total. The number of hydrogen-bond donors (Lipinski definition) is 1. The van der Waals surface area contributed by atoms with Crippen molar-refractivity contribution in [1.29, 1.82) is 0 Å². The van der Waals surface area contributed by atoms with Gasteiger partial charge in [0.05, 0.1) is 41.7 Å². The highest BCUT2D eigenvalue weighted by Crippen LogP contribution is 2.65. The number of amides is 4. The molecule has 0 bridgehead atoms. The lowest BCUT2D eigenvalue weighted by Crippen LogP contribution is -2.53. The highest BCUT2D eigenvalue weighted by molar-refractivity contribution is 6.32. The first kappa shape index (κ1) is 34.9. The lowest BCUT2D eigenvalue weighted by molar-refractivity contribution is -0.127. The molecule has 6 aromatic rings. The van der Waals surface area contributed by atoms with Crippen LogP contribution in [0.5, 0.6) is 11.5 Å². The molecule has 0 radical (unpaired) electrons. The number of carbonyl (C=O) groups is 4. The first-order chi connectivity index (χ1) is 27.7. The summed E-state index contributed by atoms with van der Waals surface area (Å²) in [5, 5.41) is 11.1. The van der Waals surface area contributed by atoms with Crippen LogP contribution in [0.25, 0.3) is 22.6 Å². The second-order valence-corrected chi connectivity index (χ2v) is 15.5. The quantitative estimate of drug-likeness (QED) is 0.132. The van der Waals surface area contributed by atoms with E-state index in [1.807, 2.05) is 60.7 Å². The van der Waals surface area contributed by atoms with Crippen LogP contribution in [0.3, 0.4) is 0 Å². The molecule has 0 unspecified atom stereocenters. The third-order valence-corrected chi connectivity index (χ3v) is 12.6. The highest BCUT2D eigenvalue weighted by atomic mass is 35.5. The van der Waals surface area contributed by atoms with Crippen LogP contribution >= 0.6 is 11.6 Å². The van der Waals surface area contributed by atoms with E-state index in [1.54, 1.807) is 60.7 Å². The van der Waals surface area contributed by atoms with E-state index >= 15 is 9.59 Å². The Kier molecular flexibility index (Phi) is 7.98. The molecule has 4 aliphatic rings. The van der Waals surface area contributed by atoms with Gasteiger partial charge >= 0.3 is 0 Å². The Morgan fingerprint density at radius 3 is 2.32 bits per heavy atom. The maximum absolute atomic E-state index is 15.4. The molecule has 1 aromatic heterocycles. The summed E-state index contributed by atoms with van der Waals surface area (Å²) < 4.78 is 11.5. The first-order valence-electron chi connectivity index (χ1n) is 18.8. The number of ether oxygens (including phenoxy) is 1. The maximum Gasteiger partial charge on any atom is 0.246 e. The van der Waals surface area contributed by atoms with Crippen LogP contribution in [-0.4, -0.2) is 40.8 Å². The fourth-order valence-corrected chi connectivity index (χ4v) is 10.2. The summed E-state index contributed by atoms with van der Waals surface area (Å²) in [6.45, 7) is 0. The average Bonchev–Trinajstić information content (AvgIpc) is 3.85. The second-order valence-electron chi connectivity index (χ2n) is 15.1. The number of oxazole rings is 1. The first-order valence-corrected chi connectivity index (χ1v) is 19.2. The summed E-state index contributed by atoms with van der Waals surface area (Å²) in [5.41, 5.74) is 3.46. The van der Waals surface area contributed by atoms with Gasteiger partial charge in [-0.3, -0.25) is 24.1 Å². The van der Waals surface area contributed by atoms with Gasteiger partial charge in [-0.25, -0.2) is 9.88 Å². The largest absolute Gasteiger partial charge is 0.504 e. The van der Waals surface area contributed by atoms with Gasteiger partial charge in [0.25, 0.3) is 0 Å². The number of anilines is 2. The molecule has 0 spiro atoms. The van der Waals surface area contributed by atoms with Gasteiger partial charge in [-0.15, -0.1) is 0 Å². The van der Waals surface area contributed by atoms with Crippen molar-refractivity contribution in [2.24, 2.45) is 23.7 Å². The van der Waals surface area contributed by atoms with Gasteiger partial charge < -0.3 is 14.3 Å². The minimum atomic E-state index is -1.45.